The number of ether oxygens (including phenoxy) is 8. The number of amides is 4. The Morgan fingerprint density at radius 1 is 0.268 bits per heavy atom. The molecule has 149 heavy (non-hydrogen) atoms. The Morgan fingerprint density at radius 3 is 0.631 bits per heavy atom. The van der Waals surface area contributed by atoms with Crippen molar-refractivity contribution in [2.24, 2.45) is 53.1 Å². The van der Waals surface area contributed by atoms with Crippen LogP contribution in [0.3, 0.4) is 0 Å². The van der Waals surface area contributed by atoms with Crippen molar-refractivity contribution in [2.75, 3.05) is 72.0 Å². The molecule has 17 N–H and O–H groups in total. The van der Waals surface area contributed by atoms with Crippen molar-refractivity contribution in [3.63, 3.8) is 0 Å². The molecule has 8 fully saturated rings. The lowest BCUT2D eigenvalue weighted by Crippen LogP contribution is -2.40. The zero-order valence-electron chi connectivity index (χ0n) is 83.6. The number of aromatic amines is 8. The number of aryl methyl sites for hydroxylation is 8. The summed E-state index contributed by atoms with van der Waals surface area (Å²) in [5.74, 6) is -5.31. The molecule has 53 nitrogen and oxygen atoms in total. The monoisotopic (exact) mass is 2080 g/mol. The Hall–Kier alpha value is -13.5. The molecule has 16 rings (SSSR count). The molecular formula is C96H128N24O29. The third kappa shape index (κ3) is 25.5. The van der Waals surface area contributed by atoms with Gasteiger partial charge in [0.05, 0.1) is 48.8 Å². The summed E-state index contributed by atoms with van der Waals surface area (Å²) in [5.41, 5.74) is -2.41. The van der Waals surface area contributed by atoms with Gasteiger partial charge in [-0.3, -0.25) is 134 Å². The number of hydrogen-bond donors (Lipinski definition) is 16. The van der Waals surface area contributed by atoms with Crippen LogP contribution in [0, 0.1) is 103 Å². The van der Waals surface area contributed by atoms with E-state index in [0.29, 0.717) is 25.8 Å². The van der Waals surface area contributed by atoms with Gasteiger partial charge < -0.3 is 85.6 Å². The highest BCUT2D eigenvalue weighted by molar-refractivity contribution is 5.77. The van der Waals surface area contributed by atoms with Gasteiger partial charge in [0, 0.05) is 179 Å². The molecule has 0 radical (unpaired) electrons. The number of H-pyrrole nitrogens is 8. The van der Waals surface area contributed by atoms with E-state index in [4.69, 9.17) is 43.6 Å². The molecule has 0 spiro atoms. The lowest BCUT2D eigenvalue weighted by molar-refractivity contribution is -0.124. The number of nitrogens with zero attached hydrogens (tertiary/aromatic N) is 8. The van der Waals surface area contributed by atoms with Crippen LogP contribution in [0.1, 0.15) is 197 Å². The first kappa shape index (κ1) is 108. The molecule has 53 heteroatoms. The van der Waals surface area contributed by atoms with Gasteiger partial charge in [-0.15, -0.1) is 0 Å². The van der Waals surface area contributed by atoms with Gasteiger partial charge in [0.15, 0.2) is 0 Å². The van der Waals surface area contributed by atoms with Gasteiger partial charge in [-0.2, -0.15) is 0 Å². The van der Waals surface area contributed by atoms with Crippen LogP contribution >= 0.6 is 0 Å². The molecule has 0 unspecified atom stereocenters. The van der Waals surface area contributed by atoms with Crippen molar-refractivity contribution in [2.45, 2.75) is 257 Å². The Labute approximate surface area is 844 Å². The summed E-state index contributed by atoms with van der Waals surface area (Å²) >= 11 is 0. The maximum Gasteiger partial charge on any atom is 0.330 e. The molecule has 0 saturated carbocycles. The second kappa shape index (κ2) is 47.1. The first-order valence-electron chi connectivity index (χ1n) is 50.3. The van der Waals surface area contributed by atoms with Crippen LogP contribution in [0.15, 0.2) is 126 Å². The number of carbonyl (C=O) groups excluding carboxylic acids is 5. The van der Waals surface area contributed by atoms with Crippen molar-refractivity contribution in [3.8, 4) is 0 Å². The summed E-state index contributed by atoms with van der Waals surface area (Å²) in [5, 5.41) is 22.3. The first-order chi connectivity index (χ1) is 71.2. The fourth-order valence-corrected chi connectivity index (χ4v) is 21.7. The number of rotatable bonds is 42. The molecule has 806 valence electrons. The van der Waals surface area contributed by atoms with Gasteiger partial charge in [-0.05, 0) is 193 Å². The normalized spacial score (nSPS) is 27.7. The van der Waals surface area contributed by atoms with E-state index in [2.05, 4.69) is 77.1 Å². The van der Waals surface area contributed by atoms with Crippen LogP contribution in [-0.4, -0.2) is 227 Å². The average molecular weight is 2080 g/mol. The van der Waals surface area contributed by atoms with Gasteiger partial charge in [-0.1, -0.05) is 0 Å². The Kier molecular flexibility index (Phi) is 34.2. The predicted octanol–water partition coefficient (Wildman–Crippen LogP) is -4.40. The molecule has 24 atom stereocenters. The van der Waals surface area contributed by atoms with Crippen molar-refractivity contribution >= 4 is 29.9 Å². The zero-order chi connectivity index (χ0) is 106. The van der Waals surface area contributed by atoms with Crippen LogP contribution < -0.4 is 133 Å². The quantitative estimate of drug-likeness (QED) is 0.0127. The summed E-state index contributed by atoms with van der Waals surface area (Å²) in [7, 11) is 0. The third-order valence-corrected chi connectivity index (χ3v) is 30.1. The molecule has 8 aliphatic rings. The third-order valence-electron chi connectivity index (χ3n) is 30.1. The summed E-state index contributed by atoms with van der Waals surface area (Å²) < 4.78 is 62.1. The molecule has 8 aromatic rings. The molecule has 8 aromatic heterocycles. The van der Waals surface area contributed by atoms with Crippen molar-refractivity contribution in [1.82, 2.24) is 114 Å². The van der Waals surface area contributed by atoms with E-state index >= 15 is 0 Å². The maximum absolute atomic E-state index is 14.7. The minimum absolute atomic E-state index is 0.00479. The fourth-order valence-electron chi connectivity index (χ4n) is 21.7. The molecule has 8 saturated heterocycles. The van der Waals surface area contributed by atoms with Crippen LogP contribution in [0.5, 0.6) is 0 Å². The number of nitrogens with one attached hydrogen (secondary N) is 15. The van der Waals surface area contributed by atoms with Gasteiger partial charge in [0.25, 0.3) is 44.5 Å². The topological polar surface area (TPSA) is 708 Å². The SMILES string of the molecule is Cc1cn([C@H]2C[C@H](CC(=O)NC[C@H]3O[C@@H](n4cc(C)c(=O)[nH]c4=O)C[C@@H]3CCNC[C@H]3O[C@@H](n4cc(C)c(=O)[nH]c4=O)C[C@@H]3CC(=O)NC[C@H]3O[C@@H](n4cc(C)c(=O)[nH]c4=O)C[C@@H]3CCNC[C@H]3O[C@@H](n4cc(C)c(=O)[nH]c4=O)C[C@@H]3CC(=O)NC[C@H]3O[C@@H](n4cc(C)c(=O)[nH]c4=O)C[C@@H]3CCNC[C@H]3O[C@@H](n4cc(C)c(=O)[nH]c4=O)C[C@@H]3CC(=O)NC[C@H]3O[C@@H](n4cc(C)c(=O)[nH]c4=O)C[C@@H]3CC=O)[C@@H](CN)O2)c(=O)[nH]c1=O. The summed E-state index contributed by atoms with van der Waals surface area (Å²) in [6.07, 6.45) is 1.22. The highest BCUT2D eigenvalue weighted by atomic mass is 16.5. The van der Waals surface area contributed by atoms with E-state index in [1.54, 1.807) is 13.8 Å². The van der Waals surface area contributed by atoms with Gasteiger partial charge in [0.1, 0.15) is 56.1 Å². The highest BCUT2D eigenvalue weighted by Crippen LogP contribution is 2.43. The van der Waals surface area contributed by atoms with E-state index in [1.807, 2.05) is 0 Å². The van der Waals surface area contributed by atoms with Crippen LogP contribution in [0.4, 0.5) is 0 Å². The number of aldehydes is 1. The molecule has 0 bridgehead atoms. The smallest absolute Gasteiger partial charge is 0.330 e. The van der Waals surface area contributed by atoms with Crippen LogP contribution in [0.25, 0.3) is 0 Å². The van der Waals surface area contributed by atoms with Gasteiger partial charge in [0.2, 0.25) is 23.6 Å². The largest absolute Gasteiger partial charge is 0.353 e. The minimum Gasteiger partial charge on any atom is -0.353 e. The molecule has 16 heterocycles. The summed E-state index contributed by atoms with van der Waals surface area (Å²) in [4.78, 5) is 294. The van der Waals surface area contributed by atoms with Gasteiger partial charge in [-0.25, -0.2) is 38.4 Å². The lowest BCUT2D eigenvalue weighted by Gasteiger charge is -2.23. The number of hydrogen-bond acceptors (Lipinski definition) is 33. The van der Waals surface area contributed by atoms with E-state index in [9.17, 15) is 101 Å². The van der Waals surface area contributed by atoms with E-state index in [0.717, 1.165) is 6.29 Å². The number of aromatic nitrogens is 16. The number of carbonyl (C=O) groups is 5. The Bertz CT molecular complexity index is 7360. The Morgan fingerprint density at radius 2 is 0.436 bits per heavy atom. The number of nitrogens with two attached hydrogens (primary N) is 1. The standard InChI is InChI=1S/C96H128N24O29/c1-45-37-113(89(134)105-81(45)126)73-21-53(65(146-73)33-101-69(122)17-57-25-77(142-61(57)29-97)117-41-49(5)85(130)109-93(117)138)9-13-98-30-62-58(26-78(143-62)118-42-50(6)86(131)110-94(118)139)18-70(123)102-34-66-54(22-74(147-66)114-38-46(2)82(127)106-90(114)135)10-14-99-31-63-59(27-79(144-63)119-43-51(7)87(132)111-95(119)140)19-71(124)103-35-67-55(23-75(148-67)115-39-47(3)83(128)107-91(115)136)11-15-100-32-64-60(28-80(145-64)120-44-52(8)88(133)112-96(120)141)20-72(125)104-36-68-56(12-16-121)24-76(149-68)116-40-48(4)84(129)108-92(116)137/h16,37-44,53-68,73-80,98-100H,9-15,17-36,97H2,1-8H3,(H,101,122)(H,102,123)(H,103,124)(H,104,125)(H,105,126,134)(H,106,127,135)(H,107,128,136)(H,108,129,137)(H,109,130,138)(H,110,131,139)(H,111,132,140)(H,112,133,141)/t53-,54-,55-,56-,57-,58-,59-,60-,61+,62+,63+,64+,65+,66+,67+,68+,73+,74+,75+,76+,77+,78+,79+,80+/m0/s1. The van der Waals surface area contributed by atoms with Crippen LogP contribution in [-0.2, 0) is 61.9 Å². The summed E-state index contributed by atoms with van der Waals surface area (Å²) in [6, 6.07) is 0. The first-order valence-corrected chi connectivity index (χ1v) is 50.3. The highest BCUT2D eigenvalue weighted by Gasteiger charge is 2.47. The van der Waals surface area contributed by atoms with Crippen molar-refractivity contribution < 1.29 is 61.9 Å². The van der Waals surface area contributed by atoms with Crippen LogP contribution in [0.2, 0.25) is 0 Å². The predicted molar refractivity (Wildman–Crippen MR) is 527 cm³/mol. The lowest BCUT2D eigenvalue weighted by atomic mass is 9.94. The van der Waals surface area contributed by atoms with E-state index in [-0.39, 0.29) is 211 Å². The molecule has 4 amide bonds. The zero-order valence-corrected chi connectivity index (χ0v) is 83.6. The van der Waals surface area contributed by atoms with E-state index in [1.165, 1.54) is 128 Å². The van der Waals surface area contributed by atoms with E-state index < -0.39 is 242 Å². The molecule has 0 aromatic carbocycles. The Balaban J connectivity index is 0.560. The van der Waals surface area contributed by atoms with Crippen molar-refractivity contribution in [3.05, 3.63) is 261 Å². The molecule has 0 aliphatic carbocycles. The average Bonchev–Trinajstić information content (AvgIpc) is 1.57. The maximum atomic E-state index is 14.7. The second-order valence-corrected chi connectivity index (χ2v) is 40.5. The minimum atomic E-state index is -0.971. The van der Waals surface area contributed by atoms with Crippen molar-refractivity contribution in [1.29, 1.82) is 0 Å². The second-order valence-electron chi connectivity index (χ2n) is 40.5. The molecule has 8 aliphatic heterocycles. The fraction of sp³-hybridized carbons (Fsp3) is 0.615. The summed E-state index contributed by atoms with van der Waals surface area (Å²) in [6.45, 7) is 13.3. The van der Waals surface area contributed by atoms with Gasteiger partial charge >= 0.3 is 45.5 Å². The molecular weight excluding hydrogens is 1950 g/mol.